The Morgan fingerprint density at radius 3 is 2.77 bits per heavy atom. The summed E-state index contributed by atoms with van der Waals surface area (Å²) in [6, 6.07) is 12.5. The lowest BCUT2D eigenvalue weighted by molar-refractivity contribution is 1.09. The van der Waals surface area contributed by atoms with Gasteiger partial charge in [0.15, 0.2) is 0 Å². The molecule has 2 aromatic carbocycles. The van der Waals surface area contributed by atoms with Crippen LogP contribution < -0.4 is 5.73 Å². The van der Waals surface area contributed by atoms with Crippen LogP contribution in [-0.4, -0.2) is 0 Å². The minimum atomic E-state index is 0.591. The smallest absolute Gasteiger partial charge is 0.0184 e. The van der Waals surface area contributed by atoms with Crippen LogP contribution in [0.25, 0.3) is 10.8 Å². The van der Waals surface area contributed by atoms with Crippen LogP contribution in [0.1, 0.15) is 5.56 Å². The summed E-state index contributed by atoms with van der Waals surface area (Å²) in [6.07, 6.45) is 0. The SMILES string of the molecule is NCc1cccc2ccc(Br)cc12. The van der Waals surface area contributed by atoms with Gasteiger partial charge in [-0.05, 0) is 28.5 Å². The van der Waals surface area contributed by atoms with E-state index in [0.29, 0.717) is 6.54 Å². The van der Waals surface area contributed by atoms with E-state index in [1.807, 2.05) is 12.1 Å². The van der Waals surface area contributed by atoms with Crippen LogP contribution in [-0.2, 0) is 6.54 Å². The lowest BCUT2D eigenvalue weighted by atomic mass is 10.1. The molecular formula is C11H10BrN. The van der Waals surface area contributed by atoms with Gasteiger partial charge in [-0.3, -0.25) is 0 Å². The third kappa shape index (κ3) is 1.60. The standard InChI is InChI=1S/C11H10BrN/c12-10-5-4-8-2-1-3-9(7-13)11(8)6-10/h1-6H,7,13H2. The first-order valence-corrected chi connectivity index (χ1v) is 4.98. The monoisotopic (exact) mass is 235 g/mol. The molecular weight excluding hydrogens is 226 g/mol. The van der Waals surface area contributed by atoms with Crippen molar-refractivity contribution in [2.45, 2.75) is 6.54 Å². The first-order chi connectivity index (χ1) is 6.31. The normalized spacial score (nSPS) is 10.6. The number of hydrogen-bond donors (Lipinski definition) is 1. The van der Waals surface area contributed by atoms with Crippen LogP contribution in [0, 0.1) is 0 Å². The van der Waals surface area contributed by atoms with E-state index in [2.05, 4.69) is 40.2 Å². The third-order valence-corrected chi connectivity index (χ3v) is 2.65. The van der Waals surface area contributed by atoms with Crippen LogP contribution >= 0.6 is 15.9 Å². The summed E-state index contributed by atoms with van der Waals surface area (Å²) in [4.78, 5) is 0. The Morgan fingerprint density at radius 1 is 1.15 bits per heavy atom. The van der Waals surface area contributed by atoms with E-state index in [4.69, 9.17) is 5.73 Å². The molecule has 0 saturated heterocycles. The highest BCUT2D eigenvalue weighted by atomic mass is 79.9. The van der Waals surface area contributed by atoms with Crippen molar-refractivity contribution in [3.05, 3.63) is 46.4 Å². The van der Waals surface area contributed by atoms with Gasteiger partial charge >= 0.3 is 0 Å². The Kier molecular flexibility index (Phi) is 2.34. The molecule has 0 aliphatic heterocycles. The summed E-state index contributed by atoms with van der Waals surface area (Å²) in [5.41, 5.74) is 6.84. The fourth-order valence-corrected chi connectivity index (χ4v) is 1.85. The van der Waals surface area contributed by atoms with Crippen molar-refractivity contribution < 1.29 is 0 Å². The van der Waals surface area contributed by atoms with E-state index in [0.717, 1.165) is 4.47 Å². The highest BCUT2D eigenvalue weighted by Crippen LogP contribution is 2.22. The second-order valence-electron chi connectivity index (χ2n) is 2.99. The van der Waals surface area contributed by atoms with E-state index < -0.39 is 0 Å². The van der Waals surface area contributed by atoms with E-state index in [1.165, 1.54) is 16.3 Å². The van der Waals surface area contributed by atoms with E-state index >= 15 is 0 Å². The van der Waals surface area contributed by atoms with Gasteiger partial charge in [0, 0.05) is 11.0 Å². The summed E-state index contributed by atoms with van der Waals surface area (Å²) < 4.78 is 1.10. The molecule has 0 spiro atoms. The van der Waals surface area contributed by atoms with Crippen molar-refractivity contribution in [1.29, 1.82) is 0 Å². The molecule has 0 heterocycles. The second kappa shape index (κ2) is 3.48. The van der Waals surface area contributed by atoms with Crippen LogP contribution in [0.5, 0.6) is 0 Å². The molecule has 0 radical (unpaired) electrons. The molecule has 1 nitrogen and oxygen atoms in total. The molecule has 0 saturated carbocycles. The summed E-state index contributed by atoms with van der Waals surface area (Å²) in [5.74, 6) is 0. The highest BCUT2D eigenvalue weighted by molar-refractivity contribution is 9.10. The quantitative estimate of drug-likeness (QED) is 0.808. The molecule has 0 unspecified atom stereocenters. The van der Waals surface area contributed by atoms with E-state index in [1.54, 1.807) is 0 Å². The van der Waals surface area contributed by atoms with Gasteiger partial charge in [0.2, 0.25) is 0 Å². The molecule has 0 bridgehead atoms. The number of halogens is 1. The maximum atomic E-state index is 5.65. The van der Waals surface area contributed by atoms with Gasteiger partial charge in [0.1, 0.15) is 0 Å². The first-order valence-electron chi connectivity index (χ1n) is 4.18. The highest BCUT2D eigenvalue weighted by Gasteiger charge is 1.98. The zero-order chi connectivity index (χ0) is 9.26. The first kappa shape index (κ1) is 8.73. The molecule has 0 aromatic heterocycles. The molecule has 2 aromatic rings. The Balaban J connectivity index is 2.79. The molecule has 0 aliphatic carbocycles. The predicted molar refractivity (Wildman–Crippen MR) is 59.5 cm³/mol. The van der Waals surface area contributed by atoms with Crippen molar-refractivity contribution in [2.75, 3.05) is 0 Å². The maximum absolute atomic E-state index is 5.65. The van der Waals surface area contributed by atoms with Crippen LogP contribution in [0.4, 0.5) is 0 Å². The molecule has 2 rings (SSSR count). The van der Waals surface area contributed by atoms with Crippen molar-refractivity contribution in [3.8, 4) is 0 Å². The fraction of sp³-hybridized carbons (Fsp3) is 0.0909. The molecule has 0 amide bonds. The number of fused-ring (bicyclic) bond motifs is 1. The second-order valence-corrected chi connectivity index (χ2v) is 3.90. The largest absolute Gasteiger partial charge is 0.326 e. The average molecular weight is 236 g/mol. The Morgan fingerprint density at radius 2 is 2.00 bits per heavy atom. The maximum Gasteiger partial charge on any atom is 0.0184 e. The zero-order valence-corrected chi connectivity index (χ0v) is 8.71. The van der Waals surface area contributed by atoms with E-state index in [9.17, 15) is 0 Å². The van der Waals surface area contributed by atoms with Gasteiger partial charge in [-0.2, -0.15) is 0 Å². The van der Waals surface area contributed by atoms with Crippen LogP contribution in [0.15, 0.2) is 40.9 Å². The molecule has 0 aliphatic rings. The fourth-order valence-electron chi connectivity index (χ4n) is 1.49. The number of benzene rings is 2. The minimum absolute atomic E-state index is 0.591. The number of hydrogen-bond acceptors (Lipinski definition) is 1. The summed E-state index contributed by atoms with van der Waals surface area (Å²) >= 11 is 3.45. The van der Waals surface area contributed by atoms with Gasteiger partial charge in [-0.1, -0.05) is 40.2 Å². The predicted octanol–water partition coefficient (Wildman–Crippen LogP) is 3.06. The van der Waals surface area contributed by atoms with Gasteiger partial charge < -0.3 is 5.73 Å². The van der Waals surface area contributed by atoms with Crippen LogP contribution in [0.3, 0.4) is 0 Å². The lowest BCUT2D eigenvalue weighted by Crippen LogP contribution is -1.96. The summed E-state index contributed by atoms with van der Waals surface area (Å²) in [6.45, 7) is 0.591. The third-order valence-electron chi connectivity index (χ3n) is 2.15. The Labute approximate surface area is 85.7 Å². The van der Waals surface area contributed by atoms with Crippen molar-refractivity contribution in [1.82, 2.24) is 0 Å². The lowest BCUT2D eigenvalue weighted by Gasteiger charge is -2.03. The number of nitrogens with two attached hydrogens (primary N) is 1. The minimum Gasteiger partial charge on any atom is -0.326 e. The molecule has 66 valence electrons. The molecule has 2 N–H and O–H groups in total. The number of rotatable bonds is 1. The molecule has 2 heteroatoms. The molecule has 0 atom stereocenters. The zero-order valence-electron chi connectivity index (χ0n) is 7.13. The van der Waals surface area contributed by atoms with Crippen molar-refractivity contribution >= 4 is 26.7 Å². The van der Waals surface area contributed by atoms with Gasteiger partial charge in [-0.15, -0.1) is 0 Å². The van der Waals surface area contributed by atoms with Gasteiger partial charge in [0.25, 0.3) is 0 Å². The summed E-state index contributed by atoms with van der Waals surface area (Å²) in [7, 11) is 0. The van der Waals surface area contributed by atoms with E-state index in [-0.39, 0.29) is 0 Å². The Hall–Kier alpha value is -0.860. The van der Waals surface area contributed by atoms with Gasteiger partial charge in [-0.25, -0.2) is 0 Å². The Bertz CT molecular complexity index is 437. The molecule has 0 fully saturated rings. The average Bonchev–Trinajstić information content (AvgIpc) is 2.17. The molecule has 13 heavy (non-hydrogen) atoms. The summed E-state index contributed by atoms with van der Waals surface area (Å²) in [5, 5.41) is 2.48. The van der Waals surface area contributed by atoms with Crippen molar-refractivity contribution in [3.63, 3.8) is 0 Å². The van der Waals surface area contributed by atoms with Gasteiger partial charge in [0.05, 0.1) is 0 Å². The topological polar surface area (TPSA) is 26.0 Å². The van der Waals surface area contributed by atoms with Crippen molar-refractivity contribution in [2.24, 2.45) is 5.73 Å². The van der Waals surface area contributed by atoms with Crippen LogP contribution in [0.2, 0.25) is 0 Å².